The monoisotopic (exact) mass is 475 g/mol. The Morgan fingerprint density at radius 2 is 1.88 bits per heavy atom. The number of halogens is 3. The predicted molar refractivity (Wildman–Crippen MR) is 128 cm³/mol. The maximum absolute atomic E-state index is 13.1. The number of aliphatic hydroxyl groups is 1. The van der Waals surface area contributed by atoms with Crippen LogP contribution in [0.2, 0.25) is 0 Å². The molecule has 0 aromatic carbocycles. The van der Waals surface area contributed by atoms with Gasteiger partial charge in [-0.3, -0.25) is 0 Å². The molecule has 5 rings (SSSR count). The molecule has 1 aromatic heterocycles. The lowest BCUT2D eigenvalue weighted by Gasteiger charge is -2.58. The van der Waals surface area contributed by atoms with Crippen LogP contribution in [-0.2, 0) is 12.6 Å². The molecule has 3 saturated carbocycles. The first-order chi connectivity index (χ1) is 16.0. The van der Waals surface area contributed by atoms with Gasteiger partial charge in [-0.25, -0.2) is 4.98 Å². The average Bonchev–Trinajstić information content (AvgIpc) is 3.15. The summed E-state index contributed by atoms with van der Waals surface area (Å²) in [6, 6.07) is 4.28. The van der Waals surface area contributed by atoms with Crippen molar-refractivity contribution < 1.29 is 18.3 Å². The van der Waals surface area contributed by atoms with Crippen LogP contribution in [0.3, 0.4) is 0 Å². The van der Waals surface area contributed by atoms with E-state index in [-0.39, 0.29) is 11.5 Å². The molecule has 5 heteroatoms. The van der Waals surface area contributed by atoms with Crippen molar-refractivity contribution in [1.82, 2.24) is 4.98 Å². The molecule has 1 heterocycles. The predicted octanol–water partition coefficient (Wildman–Crippen LogP) is 7.61. The van der Waals surface area contributed by atoms with Crippen LogP contribution in [-0.4, -0.2) is 16.2 Å². The second-order valence-corrected chi connectivity index (χ2v) is 12.4. The fourth-order valence-corrected chi connectivity index (χ4v) is 8.97. The summed E-state index contributed by atoms with van der Waals surface area (Å²) in [5.74, 6) is 3.34. The van der Waals surface area contributed by atoms with Gasteiger partial charge in [0.2, 0.25) is 0 Å². The highest BCUT2D eigenvalue weighted by Gasteiger charge is 2.59. The number of pyridine rings is 1. The third kappa shape index (κ3) is 4.04. The zero-order valence-corrected chi connectivity index (χ0v) is 20.9. The second kappa shape index (κ2) is 8.64. The highest BCUT2D eigenvalue weighted by Crippen LogP contribution is 2.67. The van der Waals surface area contributed by atoms with Crippen LogP contribution in [0.1, 0.15) is 89.9 Å². The molecule has 3 fully saturated rings. The molecule has 0 spiro atoms. The van der Waals surface area contributed by atoms with E-state index in [1.54, 1.807) is 6.07 Å². The molecule has 0 aliphatic heterocycles. The van der Waals surface area contributed by atoms with Gasteiger partial charge in [-0.1, -0.05) is 38.5 Å². The van der Waals surface area contributed by atoms with Gasteiger partial charge in [0.1, 0.15) is 5.69 Å². The first kappa shape index (κ1) is 24.3. The van der Waals surface area contributed by atoms with Gasteiger partial charge < -0.3 is 5.11 Å². The van der Waals surface area contributed by atoms with Crippen LogP contribution >= 0.6 is 0 Å². The van der Waals surface area contributed by atoms with Crippen molar-refractivity contribution in [2.24, 2.45) is 40.4 Å². The summed E-state index contributed by atoms with van der Waals surface area (Å²) in [6.07, 6.45) is 8.62. The van der Waals surface area contributed by atoms with Crippen molar-refractivity contribution in [3.63, 3.8) is 0 Å². The Morgan fingerprint density at radius 1 is 1.09 bits per heavy atom. The van der Waals surface area contributed by atoms with Gasteiger partial charge in [-0.15, -0.1) is 0 Å². The Bertz CT molecular complexity index is 942. The smallest absolute Gasteiger partial charge is 0.393 e. The van der Waals surface area contributed by atoms with E-state index in [0.717, 1.165) is 55.9 Å². The lowest BCUT2D eigenvalue weighted by molar-refractivity contribution is -0.141. The van der Waals surface area contributed by atoms with Crippen LogP contribution in [0.25, 0.3) is 0 Å². The lowest BCUT2D eigenvalue weighted by atomic mass is 9.47. The highest BCUT2D eigenvalue weighted by molar-refractivity contribution is 5.25. The minimum absolute atomic E-state index is 0.159. The summed E-state index contributed by atoms with van der Waals surface area (Å²) in [4.78, 5) is 3.90. The van der Waals surface area contributed by atoms with Crippen LogP contribution in [0.4, 0.5) is 13.2 Å². The molecule has 4 aliphatic rings. The molecule has 8 atom stereocenters. The van der Waals surface area contributed by atoms with Crippen LogP contribution < -0.4 is 0 Å². The van der Waals surface area contributed by atoms with Crippen LogP contribution in [0, 0.1) is 40.4 Å². The summed E-state index contributed by atoms with van der Waals surface area (Å²) >= 11 is 0. The zero-order valence-electron chi connectivity index (χ0n) is 20.9. The lowest BCUT2D eigenvalue weighted by Crippen LogP contribution is -2.50. The minimum Gasteiger partial charge on any atom is -0.393 e. The summed E-state index contributed by atoms with van der Waals surface area (Å²) in [6.45, 7) is 7.32. The van der Waals surface area contributed by atoms with E-state index in [1.165, 1.54) is 37.3 Å². The molecular weight excluding hydrogens is 435 g/mol. The standard InChI is InChI=1S/C29H40F3NO/c1-18(7-9-20-5-4-6-26(33-20)29(30,31)32)23-11-12-24-22-10-8-19-17-21(34)13-15-27(19,2)25(22)14-16-28(23,24)3/h4-6,8,18,21-25,34H,7,9-17H2,1-3H3/t18-,21+,22+,23-,24+,25+,27+,28-/m1/s1. The van der Waals surface area contributed by atoms with Crippen LogP contribution in [0.5, 0.6) is 0 Å². The third-order valence-electron chi connectivity index (χ3n) is 10.8. The molecule has 0 saturated heterocycles. The number of allylic oxidation sites excluding steroid dienone is 1. The molecule has 34 heavy (non-hydrogen) atoms. The molecule has 1 N–H and O–H groups in total. The third-order valence-corrected chi connectivity index (χ3v) is 10.8. The number of aromatic nitrogens is 1. The molecular formula is C29H40F3NO. The summed E-state index contributed by atoms with van der Waals surface area (Å²) < 4.78 is 39.2. The van der Waals surface area contributed by atoms with Gasteiger partial charge in [-0.2, -0.15) is 13.2 Å². The summed E-state index contributed by atoms with van der Waals surface area (Å²) in [5.41, 5.74) is 1.90. The Hall–Kier alpha value is -1.36. The SMILES string of the molecule is C[C@H](CCc1cccc(C(F)(F)F)n1)[C@H]1CC[C@H]2[C@@H]3CC=C4C[C@@H](O)CC[C@]4(C)[C@H]3CC[C@]12C. The number of nitrogens with zero attached hydrogens (tertiary/aromatic N) is 1. The minimum atomic E-state index is -4.38. The van der Waals surface area contributed by atoms with E-state index >= 15 is 0 Å². The Morgan fingerprint density at radius 3 is 2.65 bits per heavy atom. The maximum Gasteiger partial charge on any atom is 0.433 e. The van der Waals surface area contributed by atoms with Gasteiger partial charge in [0.25, 0.3) is 0 Å². The summed E-state index contributed by atoms with van der Waals surface area (Å²) in [7, 11) is 0. The van der Waals surface area contributed by atoms with Gasteiger partial charge in [0.05, 0.1) is 6.10 Å². The van der Waals surface area contributed by atoms with Crippen molar-refractivity contribution >= 4 is 0 Å². The van der Waals surface area contributed by atoms with Gasteiger partial charge in [0, 0.05) is 5.69 Å². The normalized spacial score (nSPS) is 40.7. The zero-order chi connectivity index (χ0) is 24.3. The number of hydrogen-bond donors (Lipinski definition) is 1. The highest BCUT2D eigenvalue weighted by atomic mass is 19.4. The molecule has 4 aliphatic carbocycles. The average molecular weight is 476 g/mol. The van der Waals surface area contributed by atoms with E-state index in [2.05, 4.69) is 31.8 Å². The number of fused-ring (bicyclic) bond motifs is 5. The van der Waals surface area contributed by atoms with E-state index in [0.29, 0.717) is 29.4 Å². The molecule has 1 aromatic rings. The fourth-order valence-electron chi connectivity index (χ4n) is 8.97. The molecule has 188 valence electrons. The first-order valence-corrected chi connectivity index (χ1v) is 13.4. The Kier molecular flexibility index (Phi) is 6.18. The van der Waals surface area contributed by atoms with E-state index in [1.807, 2.05) is 0 Å². The molecule has 0 unspecified atom stereocenters. The molecule has 0 bridgehead atoms. The number of aryl methyl sites for hydroxylation is 1. The quantitative estimate of drug-likeness (QED) is 0.455. The topological polar surface area (TPSA) is 33.1 Å². The van der Waals surface area contributed by atoms with Gasteiger partial charge in [-0.05, 0) is 117 Å². The van der Waals surface area contributed by atoms with E-state index < -0.39 is 11.9 Å². The Balaban J connectivity index is 1.28. The van der Waals surface area contributed by atoms with Gasteiger partial charge in [0.15, 0.2) is 0 Å². The molecule has 0 radical (unpaired) electrons. The van der Waals surface area contributed by atoms with Gasteiger partial charge >= 0.3 is 6.18 Å². The number of rotatable bonds is 4. The summed E-state index contributed by atoms with van der Waals surface area (Å²) in [5, 5.41) is 10.2. The second-order valence-electron chi connectivity index (χ2n) is 12.4. The van der Waals surface area contributed by atoms with Crippen molar-refractivity contribution in [2.75, 3.05) is 0 Å². The Labute approximate surface area is 202 Å². The molecule has 0 amide bonds. The van der Waals surface area contributed by atoms with Crippen molar-refractivity contribution in [2.45, 2.75) is 97.3 Å². The number of alkyl halides is 3. The van der Waals surface area contributed by atoms with Crippen molar-refractivity contribution in [3.05, 3.63) is 41.2 Å². The largest absolute Gasteiger partial charge is 0.433 e. The van der Waals surface area contributed by atoms with Crippen molar-refractivity contribution in [3.8, 4) is 0 Å². The van der Waals surface area contributed by atoms with Crippen LogP contribution in [0.15, 0.2) is 29.8 Å². The number of hydrogen-bond acceptors (Lipinski definition) is 2. The van der Waals surface area contributed by atoms with E-state index in [4.69, 9.17) is 0 Å². The van der Waals surface area contributed by atoms with Crippen molar-refractivity contribution in [1.29, 1.82) is 0 Å². The maximum atomic E-state index is 13.1. The first-order valence-electron chi connectivity index (χ1n) is 13.4. The fraction of sp³-hybridized carbons (Fsp3) is 0.759. The van der Waals surface area contributed by atoms with E-state index in [9.17, 15) is 18.3 Å². The number of aliphatic hydroxyl groups excluding tert-OH is 1. The molecule has 2 nitrogen and oxygen atoms in total.